The summed E-state index contributed by atoms with van der Waals surface area (Å²) >= 11 is 0. The van der Waals surface area contributed by atoms with Gasteiger partial charge in [0.2, 0.25) is 0 Å². The van der Waals surface area contributed by atoms with Crippen LogP contribution in [0.15, 0.2) is 60.7 Å². The van der Waals surface area contributed by atoms with E-state index in [-0.39, 0.29) is 0 Å². The van der Waals surface area contributed by atoms with Gasteiger partial charge in [-0.15, -0.1) is 0 Å². The van der Waals surface area contributed by atoms with Gasteiger partial charge in [0.15, 0.2) is 0 Å². The molecule has 0 amide bonds. The van der Waals surface area contributed by atoms with Crippen molar-refractivity contribution >= 4 is 0 Å². The number of benzene rings is 2. The first kappa shape index (κ1) is 26.8. The molecule has 0 unspecified atom stereocenters. The Labute approximate surface area is 204 Å². The largest absolute Gasteiger partial charge is 0.389 e. The van der Waals surface area contributed by atoms with Gasteiger partial charge >= 0.3 is 0 Å². The van der Waals surface area contributed by atoms with E-state index in [1.807, 2.05) is 36.4 Å². The summed E-state index contributed by atoms with van der Waals surface area (Å²) in [4.78, 5) is 0. The maximum Gasteiger partial charge on any atom is 0.0897 e. The van der Waals surface area contributed by atoms with E-state index in [0.717, 1.165) is 52.0 Å². The summed E-state index contributed by atoms with van der Waals surface area (Å²) in [5.41, 5.74) is 2.43. The fourth-order valence-electron chi connectivity index (χ4n) is 4.38. The van der Waals surface area contributed by atoms with Crippen molar-refractivity contribution in [2.75, 3.05) is 39.5 Å². The molecule has 0 heterocycles. The topological polar surface area (TPSA) is 83.0 Å². The van der Waals surface area contributed by atoms with Crippen molar-refractivity contribution < 1.29 is 19.7 Å². The Balaban J connectivity index is 1.15. The van der Waals surface area contributed by atoms with E-state index in [1.54, 1.807) is 0 Å². The molecule has 0 bridgehead atoms. The van der Waals surface area contributed by atoms with Crippen LogP contribution in [0.3, 0.4) is 0 Å². The molecular weight excluding hydrogens is 428 g/mol. The third kappa shape index (κ3) is 11.1. The lowest BCUT2D eigenvalue weighted by Crippen LogP contribution is -2.32. The quantitative estimate of drug-likeness (QED) is 0.302. The predicted molar refractivity (Wildman–Crippen MR) is 135 cm³/mol. The molecule has 0 saturated heterocycles. The first-order chi connectivity index (χ1) is 16.7. The van der Waals surface area contributed by atoms with Crippen LogP contribution in [0.1, 0.15) is 36.8 Å². The summed E-state index contributed by atoms with van der Waals surface area (Å²) in [6.07, 6.45) is 3.58. The van der Waals surface area contributed by atoms with Gasteiger partial charge < -0.3 is 30.3 Å². The third-order valence-corrected chi connectivity index (χ3v) is 6.40. The highest BCUT2D eigenvalue weighted by Gasteiger charge is 2.22. The second kappa shape index (κ2) is 16.0. The van der Waals surface area contributed by atoms with Crippen molar-refractivity contribution in [2.24, 2.45) is 11.8 Å². The summed E-state index contributed by atoms with van der Waals surface area (Å²) in [6.45, 7) is 4.77. The first-order valence-electron chi connectivity index (χ1n) is 12.7. The molecule has 2 aromatic rings. The smallest absolute Gasteiger partial charge is 0.0897 e. The molecule has 4 N–H and O–H groups in total. The molecule has 1 aliphatic carbocycles. The molecule has 2 atom stereocenters. The zero-order chi connectivity index (χ0) is 23.8. The minimum atomic E-state index is -0.484. The maximum atomic E-state index is 10.1. The molecule has 3 rings (SSSR count). The molecule has 6 nitrogen and oxygen atoms in total. The van der Waals surface area contributed by atoms with Crippen LogP contribution in [0.25, 0.3) is 0 Å². The standard InChI is InChI=1S/C28H42N2O4/c31-27(17-29-15-23-7-3-1-4-8-23)21-33-19-25-11-13-26(14-12-25)20-34-22-28(32)18-30-16-24-9-5-2-6-10-24/h1-10,25-32H,11-22H2/t25?,26?,27-,28+. The molecule has 0 aromatic heterocycles. The molecule has 1 saturated carbocycles. The Morgan fingerprint density at radius 1 is 0.647 bits per heavy atom. The van der Waals surface area contributed by atoms with Crippen LogP contribution in [0.5, 0.6) is 0 Å². The van der Waals surface area contributed by atoms with Crippen molar-refractivity contribution in [2.45, 2.75) is 51.0 Å². The summed E-state index contributed by atoms with van der Waals surface area (Å²) < 4.78 is 11.6. The van der Waals surface area contributed by atoms with E-state index < -0.39 is 12.2 Å². The Bertz CT molecular complexity index is 688. The molecule has 1 aliphatic rings. The van der Waals surface area contributed by atoms with E-state index in [1.165, 1.54) is 11.1 Å². The summed E-state index contributed by atoms with van der Waals surface area (Å²) in [5, 5.41) is 26.8. The number of aliphatic hydroxyl groups excluding tert-OH is 2. The highest BCUT2D eigenvalue weighted by atomic mass is 16.5. The number of hydrogen-bond acceptors (Lipinski definition) is 6. The monoisotopic (exact) mass is 470 g/mol. The second-order valence-corrected chi connectivity index (χ2v) is 9.50. The SMILES string of the molecule is O[C@H](CNCc1ccccc1)COCC1CCC(COC[C@@H](O)CNCc2ccccc2)CC1. The fourth-order valence-corrected chi connectivity index (χ4v) is 4.38. The average Bonchev–Trinajstić information content (AvgIpc) is 2.86. The number of ether oxygens (including phenoxy) is 2. The Morgan fingerprint density at radius 2 is 1.03 bits per heavy atom. The number of rotatable bonds is 16. The van der Waals surface area contributed by atoms with E-state index in [0.29, 0.717) is 38.1 Å². The van der Waals surface area contributed by atoms with E-state index in [2.05, 4.69) is 34.9 Å². The van der Waals surface area contributed by atoms with Crippen LogP contribution >= 0.6 is 0 Å². The molecule has 0 radical (unpaired) electrons. The Morgan fingerprint density at radius 3 is 1.41 bits per heavy atom. The Hall–Kier alpha value is -1.80. The molecule has 34 heavy (non-hydrogen) atoms. The van der Waals surface area contributed by atoms with E-state index >= 15 is 0 Å². The number of nitrogens with one attached hydrogen (secondary N) is 2. The molecular formula is C28H42N2O4. The summed E-state index contributed by atoms with van der Waals surface area (Å²) in [6, 6.07) is 20.4. The van der Waals surface area contributed by atoms with Crippen LogP contribution in [-0.4, -0.2) is 61.9 Å². The van der Waals surface area contributed by atoms with E-state index in [9.17, 15) is 10.2 Å². The molecule has 0 aliphatic heterocycles. The van der Waals surface area contributed by atoms with Gasteiger partial charge in [-0.25, -0.2) is 0 Å². The maximum absolute atomic E-state index is 10.1. The normalized spacial score (nSPS) is 20.2. The van der Waals surface area contributed by atoms with Gasteiger partial charge in [-0.1, -0.05) is 60.7 Å². The van der Waals surface area contributed by atoms with Gasteiger partial charge in [0, 0.05) is 39.4 Å². The van der Waals surface area contributed by atoms with Gasteiger partial charge in [0.1, 0.15) is 0 Å². The predicted octanol–water partition coefficient (Wildman–Crippen LogP) is 3.13. The van der Waals surface area contributed by atoms with Crippen LogP contribution in [0.2, 0.25) is 0 Å². The van der Waals surface area contributed by atoms with Crippen LogP contribution < -0.4 is 10.6 Å². The minimum absolute atomic E-state index is 0.376. The summed E-state index contributed by atoms with van der Waals surface area (Å²) in [5.74, 6) is 1.13. The fraction of sp³-hybridized carbons (Fsp3) is 0.571. The zero-order valence-corrected chi connectivity index (χ0v) is 20.3. The average molecular weight is 471 g/mol. The van der Waals surface area contributed by atoms with Crippen LogP contribution in [0, 0.1) is 11.8 Å². The highest BCUT2D eigenvalue weighted by Crippen LogP contribution is 2.29. The summed E-state index contributed by atoms with van der Waals surface area (Å²) in [7, 11) is 0. The second-order valence-electron chi connectivity index (χ2n) is 9.50. The van der Waals surface area contributed by atoms with Crippen molar-refractivity contribution in [1.29, 1.82) is 0 Å². The van der Waals surface area contributed by atoms with Crippen molar-refractivity contribution in [3.63, 3.8) is 0 Å². The van der Waals surface area contributed by atoms with Crippen LogP contribution in [-0.2, 0) is 22.6 Å². The first-order valence-corrected chi connectivity index (χ1v) is 12.7. The van der Waals surface area contributed by atoms with Crippen LogP contribution in [0.4, 0.5) is 0 Å². The minimum Gasteiger partial charge on any atom is -0.389 e. The zero-order valence-electron chi connectivity index (χ0n) is 20.3. The highest BCUT2D eigenvalue weighted by molar-refractivity contribution is 5.14. The Kier molecular flexibility index (Phi) is 12.6. The molecule has 6 heteroatoms. The lowest BCUT2D eigenvalue weighted by molar-refractivity contribution is -0.00292. The molecule has 2 aromatic carbocycles. The molecule has 1 fully saturated rings. The molecule has 188 valence electrons. The third-order valence-electron chi connectivity index (χ3n) is 6.40. The molecule has 0 spiro atoms. The van der Waals surface area contributed by atoms with E-state index in [4.69, 9.17) is 9.47 Å². The van der Waals surface area contributed by atoms with Crippen molar-refractivity contribution in [3.05, 3.63) is 71.8 Å². The lowest BCUT2D eigenvalue weighted by atomic mass is 9.83. The van der Waals surface area contributed by atoms with Gasteiger partial charge in [-0.05, 0) is 48.6 Å². The van der Waals surface area contributed by atoms with Gasteiger partial charge in [0.05, 0.1) is 25.4 Å². The van der Waals surface area contributed by atoms with Gasteiger partial charge in [-0.3, -0.25) is 0 Å². The van der Waals surface area contributed by atoms with Gasteiger partial charge in [0.25, 0.3) is 0 Å². The van der Waals surface area contributed by atoms with Crippen molar-refractivity contribution in [1.82, 2.24) is 10.6 Å². The van der Waals surface area contributed by atoms with Crippen molar-refractivity contribution in [3.8, 4) is 0 Å². The lowest BCUT2D eigenvalue weighted by Gasteiger charge is -2.28. The van der Waals surface area contributed by atoms with Gasteiger partial charge in [-0.2, -0.15) is 0 Å². The number of aliphatic hydroxyl groups is 2. The number of hydrogen-bond donors (Lipinski definition) is 4.